The third-order valence-corrected chi connectivity index (χ3v) is 4.55. The van der Waals surface area contributed by atoms with Gasteiger partial charge in [0.2, 0.25) is 0 Å². The number of ether oxygens (including phenoxy) is 1. The smallest absolute Gasteiger partial charge is 0.263 e. The van der Waals surface area contributed by atoms with Gasteiger partial charge in [-0.05, 0) is 31.0 Å². The Kier molecular flexibility index (Phi) is 4.93. The highest BCUT2D eigenvalue weighted by molar-refractivity contribution is 7.99. The van der Waals surface area contributed by atoms with Crippen LogP contribution in [-0.4, -0.2) is 23.9 Å². The average Bonchev–Trinajstić information content (AvgIpc) is 2.85. The van der Waals surface area contributed by atoms with Gasteiger partial charge in [0.25, 0.3) is 5.91 Å². The van der Waals surface area contributed by atoms with Gasteiger partial charge in [0, 0.05) is 16.3 Å². The standard InChI is InChI=1S/C12H16ClN3O2S/c13-9-5-7(14)1-4-11(9)19-6-8-2-3-10(18-8)12(17)16-15/h1,4-5,8,10H,2-3,6,14-15H2,(H,16,17). The number of carbonyl (C=O) groups is 1. The predicted octanol–water partition coefficient (Wildman–Crippen LogP) is 1.55. The van der Waals surface area contributed by atoms with Crippen LogP contribution in [0.2, 0.25) is 5.02 Å². The molecule has 1 aromatic carbocycles. The van der Waals surface area contributed by atoms with Crippen molar-refractivity contribution in [2.75, 3.05) is 11.5 Å². The lowest BCUT2D eigenvalue weighted by Crippen LogP contribution is -2.39. The molecule has 2 unspecified atom stereocenters. The highest BCUT2D eigenvalue weighted by atomic mass is 35.5. The van der Waals surface area contributed by atoms with E-state index in [4.69, 9.17) is 27.9 Å². The molecule has 1 aromatic rings. The molecule has 0 saturated carbocycles. The molecule has 0 spiro atoms. The molecule has 2 rings (SSSR count). The monoisotopic (exact) mass is 301 g/mol. The van der Waals surface area contributed by atoms with E-state index in [1.165, 1.54) is 0 Å². The minimum atomic E-state index is -0.433. The van der Waals surface area contributed by atoms with Crippen molar-refractivity contribution in [1.29, 1.82) is 0 Å². The third-order valence-electron chi connectivity index (χ3n) is 2.92. The molecular weight excluding hydrogens is 286 g/mol. The van der Waals surface area contributed by atoms with E-state index in [2.05, 4.69) is 5.43 Å². The lowest BCUT2D eigenvalue weighted by atomic mass is 10.2. The van der Waals surface area contributed by atoms with Gasteiger partial charge in [-0.3, -0.25) is 10.2 Å². The zero-order chi connectivity index (χ0) is 13.8. The van der Waals surface area contributed by atoms with E-state index in [-0.39, 0.29) is 12.0 Å². The van der Waals surface area contributed by atoms with E-state index in [1.807, 2.05) is 12.1 Å². The molecule has 1 saturated heterocycles. The van der Waals surface area contributed by atoms with Crippen LogP contribution < -0.4 is 17.0 Å². The van der Waals surface area contributed by atoms with Gasteiger partial charge >= 0.3 is 0 Å². The van der Waals surface area contributed by atoms with Crippen LogP contribution in [0.3, 0.4) is 0 Å². The van der Waals surface area contributed by atoms with Crippen LogP contribution in [0.1, 0.15) is 12.8 Å². The van der Waals surface area contributed by atoms with Gasteiger partial charge in [-0.15, -0.1) is 11.8 Å². The molecule has 0 radical (unpaired) electrons. The van der Waals surface area contributed by atoms with Crippen LogP contribution in [-0.2, 0) is 9.53 Å². The van der Waals surface area contributed by atoms with Crippen molar-refractivity contribution < 1.29 is 9.53 Å². The molecule has 1 heterocycles. The molecule has 104 valence electrons. The van der Waals surface area contributed by atoms with Crippen molar-refractivity contribution in [3.8, 4) is 0 Å². The number of nitrogen functional groups attached to an aromatic ring is 1. The zero-order valence-electron chi connectivity index (χ0n) is 10.3. The molecule has 2 atom stereocenters. The molecule has 0 aliphatic carbocycles. The number of benzene rings is 1. The summed E-state index contributed by atoms with van der Waals surface area (Å²) in [5.74, 6) is 5.56. The van der Waals surface area contributed by atoms with Gasteiger partial charge in [-0.1, -0.05) is 11.6 Å². The Morgan fingerprint density at radius 3 is 3.00 bits per heavy atom. The molecule has 5 nitrogen and oxygen atoms in total. The van der Waals surface area contributed by atoms with Gasteiger partial charge < -0.3 is 10.5 Å². The minimum Gasteiger partial charge on any atom is -0.399 e. The molecule has 1 fully saturated rings. The van der Waals surface area contributed by atoms with E-state index in [0.29, 0.717) is 17.1 Å². The van der Waals surface area contributed by atoms with Crippen molar-refractivity contribution >= 4 is 35.0 Å². The summed E-state index contributed by atoms with van der Waals surface area (Å²) in [5, 5.41) is 0.638. The Morgan fingerprint density at radius 2 is 2.32 bits per heavy atom. The number of rotatable bonds is 4. The van der Waals surface area contributed by atoms with E-state index in [9.17, 15) is 4.79 Å². The molecule has 19 heavy (non-hydrogen) atoms. The van der Waals surface area contributed by atoms with E-state index < -0.39 is 6.10 Å². The van der Waals surface area contributed by atoms with Gasteiger partial charge in [0.15, 0.2) is 0 Å². The number of nitrogens with one attached hydrogen (secondary N) is 1. The second-order valence-corrected chi connectivity index (χ2v) is 5.80. The van der Waals surface area contributed by atoms with Gasteiger partial charge in [-0.25, -0.2) is 5.84 Å². The second-order valence-electron chi connectivity index (χ2n) is 4.33. The van der Waals surface area contributed by atoms with Crippen LogP contribution in [0.25, 0.3) is 0 Å². The summed E-state index contributed by atoms with van der Waals surface area (Å²) >= 11 is 7.69. The Bertz CT molecular complexity index is 472. The first-order chi connectivity index (χ1) is 9.10. The molecule has 0 aromatic heterocycles. The number of hydrogen-bond acceptors (Lipinski definition) is 5. The number of hydrogen-bond donors (Lipinski definition) is 3. The second kappa shape index (κ2) is 6.47. The number of anilines is 1. The summed E-state index contributed by atoms with van der Waals surface area (Å²) in [6, 6.07) is 5.43. The number of carbonyl (C=O) groups excluding carboxylic acids is 1. The number of hydrazine groups is 1. The van der Waals surface area contributed by atoms with Crippen LogP contribution >= 0.6 is 23.4 Å². The quantitative estimate of drug-likeness (QED) is 0.258. The van der Waals surface area contributed by atoms with E-state index >= 15 is 0 Å². The Labute approximate surface area is 121 Å². The molecule has 0 bridgehead atoms. The largest absolute Gasteiger partial charge is 0.399 e. The first-order valence-corrected chi connectivity index (χ1v) is 7.30. The Balaban J connectivity index is 1.85. The van der Waals surface area contributed by atoms with Crippen LogP contribution in [0.5, 0.6) is 0 Å². The summed E-state index contributed by atoms with van der Waals surface area (Å²) in [7, 11) is 0. The SMILES string of the molecule is NNC(=O)C1CCC(CSc2ccc(N)cc2Cl)O1. The summed E-state index contributed by atoms with van der Waals surface area (Å²) < 4.78 is 5.62. The lowest BCUT2D eigenvalue weighted by molar-refractivity contribution is -0.131. The zero-order valence-corrected chi connectivity index (χ0v) is 11.8. The molecule has 1 aliphatic heterocycles. The number of amides is 1. The van der Waals surface area contributed by atoms with Crippen molar-refractivity contribution in [2.45, 2.75) is 29.9 Å². The minimum absolute atomic E-state index is 0.0425. The third kappa shape index (κ3) is 3.76. The van der Waals surface area contributed by atoms with Gasteiger partial charge in [-0.2, -0.15) is 0 Å². The fraction of sp³-hybridized carbons (Fsp3) is 0.417. The van der Waals surface area contributed by atoms with Crippen LogP contribution in [0, 0.1) is 0 Å². The summed E-state index contributed by atoms with van der Waals surface area (Å²) in [5.41, 5.74) is 8.39. The number of thioether (sulfide) groups is 1. The summed E-state index contributed by atoms with van der Waals surface area (Å²) in [6.45, 7) is 0. The number of nitrogens with two attached hydrogens (primary N) is 2. The fourth-order valence-corrected chi connectivity index (χ4v) is 3.26. The highest BCUT2D eigenvalue weighted by Gasteiger charge is 2.30. The summed E-state index contributed by atoms with van der Waals surface area (Å²) in [6.07, 6.45) is 1.15. The maximum atomic E-state index is 11.3. The lowest BCUT2D eigenvalue weighted by Gasteiger charge is -2.12. The number of halogens is 1. The highest BCUT2D eigenvalue weighted by Crippen LogP contribution is 2.32. The maximum absolute atomic E-state index is 11.3. The van der Waals surface area contributed by atoms with Crippen LogP contribution in [0.15, 0.2) is 23.1 Å². The topological polar surface area (TPSA) is 90.4 Å². The fourth-order valence-electron chi connectivity index (χ4n) is 1.93. The van der Waals surface area contributed by atoms with Crippen molar-refractivity contribution in [2.24, 2.45) is 5.84 Å². The maximum Gasteiger partial charge on any atom is 0.263 e. The molecule has 1 aliphatic rings. The average molecular weight is 302 g/mol. The molecule has 7 heteroatoms. The normalized spacial score (nSPS) is 22.4. The molecular formula is C12H16ClN3O2S. The van der Waals surface area contributed by atoms with Crippen LogP contribution in [0.4, 0.5) is 5.69 Å². The van der Waals surface area contributed by atoms with E-state index in [1.54, 1.807) is 17.8 Å². The Hall–Kier alpha value is -0.950. The van der Waals surface area contributed by atoms with Crippen molar-refractivity contribution in [3.05, 3.63) is 23.2 Å². The van der Waals surface area contributed by atoms with E-state index in [0.717, 1.165) is 17.1 Å². The Morgan fingerprint density at radius 1 is 1.53 bits per heavy atom. The molecule has 5 N–H and O–H groups in total. The van der Waals surface area contributed by atoms with Crippen molar-refractivity contribution in [3.63, 3.8) is 0 Å². The first kappa shape index (κ1) is 14.5. The first-order valence-electron chi connectivity index (χ1n) is 5.94. The molecule has 1 amide bonds. The van der Waals surface area contributed by atoms with Gasteiger partial charge in [0.1, 0.15) is 6.10 Å². The van der Waals surface area contributed by atoms with Gasteiger partial charge in [0.05, 0.1) is 11.1 Å². The van der Waals surface area contributed by atoms with Crippen molar-refractivity contribution in [1.82, 2.24) is 5.43 Å². The predicted molar refractivity (Wildman–Crippen MR) is 76.8 cm³/mol. The summed E-state index contributed by atoms with van der Waals surface area (Å²) in [4.78, 5) is 12.3.